The van der Waals surface area contributed by atoms with E-state index in [0.717, 1.165) is 89.9 Å². The maximum Gasteiger partial charge on any atom is 0.306 e. The van der Waals surface area contributed by atoms with Crippen LogP contribution >= 0.6 is 0 Å². The molecule has 0 spiro atoms. The van der Waals surface area contributed by atoms with E-state index < -0.39 is 6.10 Å². The van der Waals surface area contributed by atoms with Gasteiger partial charge in [0.1, 0.15) is 13.2 Å². The lowest BCUT2D eigenvalue weighted by molar-refractivity contribution is -0.167. The van der Waals surface area contributed by atoms with Crippen molar-refractivity contribution < 1.29 is 28.6 Å². The fourth-order valence-corrected chi connectivity index (χ4v) is 7.14. The van der Waals surface area contributed by atoms with Crippen LogP contribution in [-0.2, 0) is 28.6 Å². The van der Waals surface area contributed by atoms with Gasteiger partial charge in [-0.3, -0.25) is 14.4 Å². The second kappa shape index (κ2) is 52.2. The van der Waals surface area contributed by atoms with Crippen molar-refractivity contribution >= 4 is 17.9 Å². The van der Waals surface area contributed by atoms with Crippen LogP contribution in [0.2, 0.25) is 0 Å². The monoisotopic (exact) mass is 891 g/mol. The summed E-state index contributed by atoms with van der Waals surface area (Å²) in [5.41, 5.74) is 0. The zero-order valence-electron chi connectivity index (χ0n) is 41.8. The van der Waals surface area contributed by atoms with Gasteiger partial charge in [0.25, 0.3) is 0 Å². The van der Waals surface area contributed by atoms with Crippen LogP contribution in [0.15, 0.2) is 85.1 Å². The van der Waals surface area contributed by atoms with Crippen molar-refractivity contribution in [2.75, 3.05) is 13.2 Å². The molecule has 0 radical (unpaired) electrons. The fraction of sp³-hybridized carbons (Fsp3) is 0.707. The Morgan fingerprint density at radius 1 is 0.328 bits per heavy atom. The molecule has 1 atom stereocenters. The zero-order chi connectivity index (χ0) is 46.5. The standard InChI is InChI=1S/C58H98O6/c1-4-7-10-13-16-19-22-24-26-28-30-31-33-36-39-42-45-48-51-57(60)63-54-55(53-62-56(59)50-47-44-41-38-35-21-18-15-12-9-6-3)64-58(61)52-49-46-43-40-37-34-32-29-27-25-23-20-17-14-11-8-5-2/h17,20,22,24-28,30-32,34,40,43,55H,4-16,18-19,21,23,29,33,35-39,41-42,44-54H2,1-3H3/b20-17-,24-22-,27-25-,28-26-,31-30-,34-32-,43-40-. The molecule has 0 amide bonds. The Labute approximate surface area is 395 Å². The number of carbonyl (C=O) groups is 3. The van der Waals surface area contributed by atoms with Crippen molar-refractivity contribution in [3.8, 4) is 0 Å². The Morgan fingerprint density at radius 2 is 0.641 bits per heavy atom. The molecule has 366 valence electrons. The second-order valence-corrected chi connectivity index (χ2v) is 17.5. The summed E-state index contributed by atoms with van der Waals surface area (Å²) in [5, 5.41) is 0. The highest BCUT2D eigenvalue weighted by Crippen LogP contribution is 2.14. The molecule has 0 heterocycles. The molecule has 0 bridgehead atoms. The molecular weight excluding hydrogens is 793 g/mol. The zero-order valence-corrected chi connectivity index (χ0v) is 41.8. The normalized spacial score (nSPS) is 12.7. The van der Waals surface area contributed by atoms with E-state index in [1.54, 1.807) is 0 Å². The van der Waals surface area contributed by atoms with Gasteiger partial charge in [0.15, 0.2) is 6.10 Å². The summed E-state index contributed by atoms with van der Waals surface area (Å²) in [6, 6.07) is 0. The van der Waals surface area contributed by atoms with E-state index in [-0.39, 0.29) is 37.5 Å². The Morgan fingerprint density at radius 3 is 1.08 bits per heavy atom. The van der Waals surface area contributed by atoms with Crippen LogP contribution in [0, 0.1) is 0 Å². The smallest absolute Gasteiger partial charge is 0.306 e. The van der Waals surface area contributed by atoms with Crippen molar-refractivity contribution in [1.82, 2.24) is 0 Å². The van der Waals surface area contributed by atoms with Gasteiger partial charge in [-0.1, -0.05) is 228 Å². The van der Waals surface area contributed by atoms with Gasteiger partial charge in [-0.15, -0.1) is 0 Å². The number of allylic oxidation sites excluding steroid dienone is 14. The maximum absolute atomic E-state index is 12.8. The van der Waals surface area contributed by atoms with Gasteiger partial charge in [0.2, 0.25) is 0 Å². The Kier molecular flexibility index (Phi) is 49.4. The number of hydrogen-bond donors (Lipinski definition) is 0. The van der Waals surface area contributed by atoms with E-state index in [0.29, 0.717) is 19.3 Å². The number of ether oxygens (including phenoxy) is 3. The summed E-state index contributed by atoms with van der Waals surface area (Å²) < 4.78 is 16.7. The molecule has 0 aliphatic heterocycles. The molecule has 0 aliphatic carbocycles. The van der Waals surface area contributed by atoms with E-state index in [4.69, 9.17) is 14.2 Å². The fourth-order valence-electron chi connectivity index (χ4n) is 7.14. The summed E-state index contributed by atoms with van der Waals surface area (Å²) in [6.45, 7) is 6.52. The van der Waals surface area contributed by atoms with E-state index >= 15 is 0 Å². The highest BCUT2D eigenvalue weighted by molar-refractivity contribution is 5.71. The first-order valence-corrected chi connectivity index (χ1v) is 26.6. The molecule has 0 rings (SSSR count). The summed E-state index contributed by atoms with van der Waals surface area (Å²) in [4.78, 5) is 38.0. The van der Waals surface area contributed by atoms with E-state index in [1.165, 1.54) is 109 Å². The van der Waals surface area contributed by atoms with Crippen LogP contribution in [0.4, 0.5) is 0 Å². The van der Waals surface area contributed by atoms with Gasteiger partial charge >= 0.3 is 17.9 Å². The molecule has 0 aromatic heterocycles. The summed E-state index contributed by atoms with van der Waals surface area (Å²) in [7, 11) is 0. The van der Waals surface area contributed by atoms with Crippen LogP contribution in [0.3, 0.4) is 0 Å². The van der Waals surface area contributed by atoms with Gasteiger partial charge in [-0.25, -0.2) is 0 Å². The third-order valence-electron chi connectivity index (χ3n) is 11.2. The van der Waals surface area contributed by atoms with Crippen LogP contribution < -0.4 is 0 Å². The molecule has 0 aromatic carbocycles. The van der Waals surface area contributed by atoms with Gasteiger partial charge in [0.05, 0.1) is 0 Å². The second-order valence-electron chi connectivity index (χ2n) is 17.5. The SMILES string of the molecule is CCCCC/C=C\C/C=C\C/C=C\C/C=C\CCCC(=O)OC(COC(=O)CCCCCCC\C=C/C=C\C=C/CCCCCCC)COC(=O)CCCCCCCCCCCCC. The number of carbonyl (C=O) groups excluding carboxylic acids is 3. The molecule has 0 saturated heterocycles. The minimum atomic E-state index is -0.812. The number of rotatable bonds is 47. The topological polar surface area (TPSA) is 78.9 Å². The summed E-state index contributed by atoms with van der Waals surface area (Å²) in [5.74, 6) is -0.981. The number of unbranched alkanes of at least 4 members (excludes halogenated alkanes) is 24. The van der Waals surface area contributed by atoms with Crippen molar-refractivity contribution in [3.63, 3.8) is 0 Å². The van der Waals surface area contributed by atoms with E-state index in [1.807, 2.05) is 0 Å². The lowest BCUT2D eigenvalue weighted by Gasteiger charge is -2.18. The van der Waals surface area contributed by atoms with Crippen molar-refractivity contribution in [3.05, 3.63) is 85.1 Å². The van der Waals surface area contributed by atoms with Crippen LogP contribution in [0.1, 0.15) is 245 Å². The summed E-state index contributed by atoms with van der Waals surface area (Å²) in [6.07, 6.45) is 67.1. The predicted octanol–water partition coefficient (Wildman–Crippen LogP) is 17.6. The summed E-state index contributed by atoms with van der Waals surface area (Å²) >= 11 is 0. The van der Waals surface area contributed by atoms with Crippen LogP contribution in [0.5, 0.6) is 0 Å². The predicted molar refractivity (Wildman–Crippen MR) is 274 cm³/mol. The van der Waals surface area contributed by atoms with Crippen LogP contribution in [-0.4, -0.2) is 37.2 Å². The van der Waals surface area contributed by atoms with Gasteiger partial charge in [-0.05, 0) is 83.5 Å². The van der Waals surface area contributed by atoms with Crippen molar-refractivity contribution in [2.24, 2.45) is 0 Å². The molecule has 6 nitrogen and oxygen atoms in total. The minimum Gasteiger partial charge on any atom is -0.462 e. The lowest BCUT2D eigenvalue weighted by atomic mass is 10.1. The number of hydrogen-bond acceptors (Lipinski definition) is 6. The molecule has 0 aliphatic rings. The molecule has 64 heavy (non-hydrogen) atoms. The Bertz CT molecular complexity index is 1250. The van der Waals surface area contributed by atoms with E-state index in [2.05, 4.69) is 106 Å². The maximum atomic E-state index is 12.8. The van der Waals surface area contributed by atoms with Crippen molar-refractivity contribution in [2.45, 2.75) is 252 Å². The molecular formula is C58H98O6. The average molecular weight is 891 g/mol. The molecule has 1 unspecified atom stereocenters. The van der Waals surface area contributed by atoms with Crippen molar-refractivity contribution in [1.29, 1.82) is 0 Å². The first kappa shape index (κ1) is 60.6. The third kappa shape index (κ3) is 49.6. The molecule has 0 saturated carbocycles. The van der Waals surface area contributed by atoms with Gasteiger partial charge < -0.3 is 14.2 Å². The largest absolute Gasteiger partial charge is 0.462 e. The van der Waals surface area contributed by atoms with E-state index in [9.17, 15) is 14.4 Å². The first-order valence-electron chi connectivity index (χ1n) is 26.6. The molecule has 0 N–H and O–H groups in total. The van der Waals surface area contributed by atoms with Gasteiger partial charge in [0, 0.05) is 19.3 Å². The number of esters is 3. The average Bonchev–Trinajstić information content (AvgIpc) is 3.29. The molecule has 6 heteroatoms. The lowest BCUT2D eigenvalue weighted by Crippen LogP contribution is -2.30. The highest BCUT2D eigenvalue weighted by atomic mass is 16.6. The molecule has 0 fully saturated rings. The Balaban J connectivity index is 4.50. The Hall–Kier alpha value is -3.41. The highest BCUT2D eigenvalue weighted by Gasteiger charge is 2.19. The minimum absolute atomic E-state index is 0.104. The van der Waals surface area contributed by atoms with Crippen LogP contribution in [0.25, 0.3) is 0 Å². The van der Waals surface area contributed by atoms with Gasteiger partial charge in [-0.2, -0.15) is 0 Å². The quantitative estimate of drug-likeness (QED) is 0.0199. The third-order valence-corrected chi connectivity index (χ3v) is 11.2. The molecule has 0 aromatic rings. The first-order chi connectivity index (χ1) is 31.5.